The van der Waals surface area contributed by atoms with E-state index in [-0.39, 0.29) is 0 Å². The maximum Gasteiger partial charge on any atom is 0.127 e. The topological polar surface area (TPSA) is 36.9 Å². The fourth-order valence-electron chi connectivity index (χ4n) is 3.18. The summed E-state index contributed by atoms with van der Waals surface area (Å²) in [6.45, 7) is 4.77. The molecular weight excluding hydrogens is 472 g/mol. The second kappa shape index (κ2) is 16.1. The molecule has 5 aromatic carbocycles. The van der Waals surface area contributed by atoms with E-state index in [1.54, 1.807) is 7.11 Å². The summed E-state index contributed by atoms with van der Waals surface area (Å²) in [5, 5.41) is 0. The summed E-state index contributed by atoms with van der Waals surface area (Å²) in [5.41, 5.74) is 1.26. The lowest BCUT2D eigenvalue weighted by molar-refractivity contribution is 0.340. The average Bonchev–Trinajstić information content (AvgIpc) is 2.97. The molecule has 4 nitrogen and oxygen atoms in total. The summed E-state index contributed by atoms with van der Waals surface area (Å²) < 4.78 is 21.6. The van der Waals surface area contributed by atoms with Crippen LogP contribution in [0.15, 0.2) is 140 Å². The number of benzene rings is 5. The van der Waals surface area contributed by atoms with Crippen LogP contribution >= 0.6 is 0 Å². The summed E-state index contributed by atoms with van der Waals surface area (Å²) in [5.74, 6) is 5.09. The van der Waals surface area contributed by atoms with Crippen LogP contribution in [0, 0.1) is 6.92 Å². The van der Waals surface area contributed by atoms with Gasteiger partial charge in [0.25, 0.3) is 0 Å². The van der Waals surface area contributed by atoms with E-state index in [4.69, 9.17) is 18.9 Å². The third kappa shape index (κ3) is 10.5. The molecule has 0 N–H and O–H groups in total. The third-order valence-corrected chi connectivity index (χ3v) is 5.09. The van der Waals surface area contributed by atoms with Crippen LogP contribution in [0.25, 0.3) is 0 Å². The van der Waals surface area contributed by atoms with Gasteiger partial charge < -0.3 is 18.9 Å². The van der Waals surface area contributed by atoms with Gasteiger partial charge in [0, 0.05) is 0 Å². The first-order valence-corrected chi connectivity index (χ1v) is 12.5. The Morgan fingerprint density at radius 2 is 0.763 bits per heavy atom. The lowest BCUT2D eigenvalue weighted by Crippen LogP contribution is -1.89. The Kier molecular flexibility index (Phi) is 11.8. The zero-order chi connectivity index (χ0) is 26.8. The molecule has 0 saturated heterocycles. The van der Waals surface area contributed by atoms with Crippen LogP contribution in [0.3, 0.4) is 0 Å². The fourth-order valence-corrected chi connectivity index (χ4v) is 3.18. The smallest absolute Gasteiger partial charge is 0.127 e. The normalized spacial score (nSPS) is 9.55. The van der Waals surface area contributed by atoms with Crippen molar-refractivity contribution in [3.8, 4) is 34.5 Å². The molecule has 0 aliphatic heterocycles. The monoisotopic (exact) mass is 506 g/mol. The standard InChI is InChI=1S/C18H14O2.2C8H10O/c1-3-7-15(8-4-1)19-17-11-13-18(14-12-17)20-16-9-5-2-6-10-16;1-7-3-5-8(9-2)6-4-7;1-2-9-8-6-4-3-5-7-8/h1-14H;3-6H,1-2H3;3-7H,2H2,1H3. The predicted molar refractivity (Wildman–Crippen MR) is 155 cm³/mol. The van der Waals surface area contributed by atoms with Crippen LogP contribution in [-0.4, -0.2) is 13.7 Å². The van der Waals surface area contributed by atoms with Crippen molar-refractivity contribution in [2.24, 2.45) is 0 Å². The molecule has 0 fully saturated rings. The molecule has 0 aliphatic rings. The van der Waals surface area contributed by atoms with E-state index in [0.29, 0.717) is 0 Å². The SMILES string of the molecule is CCOc1ccccc1.COc1ccc(C)cc1.c1ccc(Oc2ccc(Oc3ccccc3)cc2)cc1. The number of aryl methyl sites for hydroxylation is 1. The number of ether oxygens (including phenoxy) is 4. The Hall–Kier alpha value is -4.70. The summed E-state index contributed by atoms with van der Waals surface area (Å²) in [4.78, 5) is 0. The average molecular weight is 507 g/mol. The van der Waals surface area contributed by atoms with Gasteiger partial charge >= 0.3 is 0 Å². The summed E-state index contributed by atoms with van der Waals surface area (Å²) in [6.07, 6.45) is 0. The van der Waals surface area contributed by atoms with Crippen molar-refractivity contribution >= 4 is 0 Å². The zero-order valence-corrected chi connectivity index (χ0v) is 22.1. The lowest BCUT2D eigenvalue weighted by Gasteiger charge is -2.08. The van der Waals surface area contributed by atoms with E-state index >= 15 is 0 Å². The van der Waals surface area contributed by atoms with E-state index in [9.17, 15) is 0 Å². The van der Waals surface area contributed by atoms with Gasteiger partial charge in [-0.2, -0.15) is 0 Å². The van der Waals surface area contributed by atoms with Crippen LogP contribution in [0.1, 0.15) is 12.5 Å². The first-order chi connectivity index (χ1) is 18.7. The number of hydrogen-bond donors (Lipinski definition) is 0. The molecule has 38 heavy (non-hydrogen) atoms. The van der Waals surface area contributed by atoms with Crippen molar-refractivity contribution < 1.29 is 18.9 Å². The number of rotatable bonds is 7. The van der Waals surface area contributed by atoms with Crippen molar-refractivity contribution in [1.29, 1.82) is 0 Å². The van der Waals surface area contributed by atoms with Crippen molar-refractivity contribution in [2.75, 3.05) is 13.7 Å². The highest BCUT2D eigenvalue weighted by atomic mass is 16.5. The molecule has 0 bridgehead atoms. The quantitative estimate of drug-likeness (QED) is 0.220. The van der Waals surface area contributed by atoms with E-state index in [2.05, 4.69) is 6.92 Å². The van der Waals surface area contributed by atoms with E-state index in [1.165, 1.54) is 5.56 Å². The second-order valence-corrected chi connectivity index (χ2v) is 8.06. The number of methoxy groups -OCH3 is 1. The van der Waals surface area contributed by atoms with Crippen molar-refractivity contribution in [3.63, 3.8) is 0 Å². The highest BCUT2D eigenvalue weighted by Gasteiger charge is 1.99. The highest BCUT2D eigenvalue weighted by molar-refractivity contribution is 5.37. The van der Waals surface area contributed by atoms with Gasteiger partial charge in [0.1, 0.15) is 34.5 Å². The minimum atomic E-state index is 0.740. The lowest BCUT2D eigenvalue weighted by atomic mass is 10.2. The molecule has 194 valence electrons. The van der Waals surface area contributed by atoms with E-state index in [0.717, 1.165) is 41.1 Å². The minimum absolute atomic E-state index is 0.740. The van der Waals surface area contributed by atoms with Crippen LogP contribution < -0.4 is 18.9 Å². The Morgan fingerprint density at radius 1 is 0.421 bits per heavy atom. The molecule has 0 aromatic heterocycles. The van der Waals surface area contributed by atoms with Crippen LogP contribution in [-0.2, 0) is 0 Å². The minimum Gasteiger partial charge on any atom is -0.497 e. The van der Waals surface area contributed by atoms with Crippen LogP contribution in [0.4, 0.5) is 0 Å². The Bertz CT molecular complexity index is 1210. The van der Waals surface area contributed by atoms with Gasteiger partial charge in [-0.05, 0) is 86.6 Å². The maximum atomic E-state index is 5.73. The first kappa shape index (κ1) is 27.9. The van der Waals surface area contributed by atoms with Crippen LogP contribution in [0.2, 0.25) is 0 Å². The molecule has 0 spiro atoms. The van der Waals surface area contributed by atoms with Crippen molar-refractivity contribution in [3.05, 3.63) is 145 Å². The molecule has 0 atom stereocenters. The van der Waals surface area contributed by atoms with Gasteiger partial charge in [-0.1, -0.05) is 72.3 Å². The van der Waals surface area contributed by atoms with Gasteiger partial charge in [-0.3, -0.25) is 0 Å². The number of hydrogen-bond acceptors (Lipinski definition) is 4. The van der Waals surface area contributed by atoms with Crippen molar-refractivity contribution in [1.82, 2.24) is 0 Å². The summed E-state index contributed by atoms with van der Waals surface area (Å²) >= 11 is 0. The van der Waals surface area contributed by atoms with Gasteiger partial charge in [0.2, 0.25) is 0 Å². The Labute approximate surface area is 226 Å². The Morgan fingerprint density at radius 3 is 1.13 bits per heavy atom. The van der Waals surface area contributed by atoms with Gasteiger partial charge in [-0.25, -0.2) is 0 Å². The molecule has 5 rings (SSSR count). The fraction of sp³-hybridized carbons (Fsp3) is 0.118. The molecule has 5 aromatic rings. The molecule has 0 saturated carbocycles. The summed E-state index contributed by atoms with van der Waals surface area (Å²) in [7, 11) is 1.67. The third-order valence-electron chi connectivity index (χ3n) is 5.09. The van der Waals surface area contributed by atoms with E-state index in [1.807, 2.05) is 146 Å². The van der Waals surface area contributed by atoms with Crippen LogP contribution in [0.5, 0.6) is 34.5 Å². The van der Waals surface area contributed by atoms with Gasteiger partial charge in [0.05, 0.1) is 13.7 Å². The summed E-state index contributed by atoms with van der Waals surface area (Å²) in [6, 6.07) is 44.7. The molecule has 0 aliphatic carbocycles. The van der Waals surface area contributed by atoms with Crippen molar-refractivity contribution in [2.45, 2.75) is 13.8 Å². The largest absolute Gasteiger partial charge is 0.497 e. The molecule has 0 radical (unpaired) electrons. The first-order valence-electron chi connectivity index (χ1n) is 12.5. The highest BCUT2D eigenvalue weighted by Crippen LogP contribution is 2.26. The van der Waals surface area contributed by atoms with Gasteiger partial charge in [0.15, 0.2) is 0 Å². The molecule has 0 amide bonds. The maximum absolute atomic E-state index is 5.73. The molecule has 4 heteroatoms. The zero-order valence-electron chi connectivity index (χ0n) is 22.1. The predicted octanol–water partition coefficient (Wildman–Crippen LogP) is 9.36. The molecule has 0 heterocycles. The molecule has 0 unspecified atom stereocenters. The Balaban J connectivity index is 0.000000184. The molecular formula is C34H34O4. The number of para-hydroxylation sites is 3. The van der Waals surface area contributed by atoms with Gasteiger partial charge in [-0.15, -0.1) is 0 Å². The van der Waals surface area contributed by atoms with E-state index < -0.39 is 0 Å². The second-order valence-electron chi connectivity index (χ2n) is 8.06.